The van der Waals surface area contributed by atoms with Crippen LogP contribution in [-0.4, -0.2) is 34.6 Å². The van der Waals surface area contributed by atoms with Crippen molar-refractivity contribution >= 4 is 17.3 Å². The van der Waals surface area contributed by atoms with Crippen molar-refractivity contribution in [2.75, 3.05) is 19.0 Å². The van der Waals surface area contributed by atoms with E-state index in [1.54, 1.807) is 12.1 Å². The molecule has 0 spiro atoms. The van der Waals surface area contributed by atoms with Gasteiger partial charge in [0.1, 0.15) is 12.1 Å². The lowest BCUT2D eigenvalue weighted by Crippen LogP contribution is -2.21. The van der Waals surface area contributed by atoms with Crippen LogP contribution in [0.4, 0.5) is 16.0 Å². The number of hydrogen-bond donors (Lipinski definition) is 0. The number of halogens is 1. The first-order chi connectivity index (χ1) is 12.1. The van der Waals surface area contributed by atoms with E-state index in [-0.39, 0.29) is 11.9 Å². The quantitative estimate of drug-likeness (QED) is 0.735. The van der Waals surface area contributed by atoms with Gasteiger partial charge in [0.05, 0.1) is 11.8 Å². The van der Waals surface area contributed by atoms with Gasteiger partial charge in [-0.1, -0.05) is 24.3 Å². The molecule has 0 N–H and O–H groups in total. The highest BCUT2D eigenvalue weighted by Crippen LogP contribution is 2.32. The van der Waals surface area contributed by atoms with E-state index in [9.17, 15) is 4.39 Å². The molecular formula is C19H18FN5. The van der Waals surface area contributed by atoms with Gasteiger partial charge < -0.3 is 4.90 Å². The number of benzene rings is 2. The summed E-state index contributed by atoms with van der Waals surface area (Å²) in [4.78, 5) is 10.9. The summed E-state index contributed by atoms with van der Waals surface area (Å²) in [6.07, 6.45) is 2.21. The fraction of sp³-hybridized carbons (Fsp3) is 0.211. The first-order valence-corrected chi connectivity index (χ1v) is 8.12. The van der Waals surface area contributed by atoms with Gasteiger partial charge >= 0.3 is 0 Å². The van der Waals surface area contributed by atoms with Crippen molar-refractivity contribution in [3.8, 4) is 0 Å². The Morgan fingerprint density at radius 1 is 1.04 bits per heavy atom. The number of fused-ring (bicyclic) bond motifs is 1. The van der Waals surface area contributed by atoms with E-state index in [2.05, 4.69) is 44.2 Å². The normalized spacial score (nSPS) is 16.3. The highest BCUT2D eigenvalue weighted by Gasteiger charge is 2.26. The standard InChI is InChI=1S/C19H18FN5/c1-24(2)16-9-5-14(6-10-16)18-11-17(13-3-7-15(20)8-4-13)23-19-21-12-22-25(18)19/h3-10,12,18H,11H2,1-2H3. The van der Waals surface area contributed by atoms with Gasteiger partial charge in [-0.05, 0) is 35.4 Å². The maximum atomic E-state index is 13.2. The molecule has 25 heavy (non-hydrogen) atoms. The maximum Gasteiger partial charge on any atom is 0.248 e. The topological polar surface area (TPSA) is 46.3 Å². The fourth-order valence-corrected chi connectivity index (χ4v) is 3.06. The molecule has 0 aliphatic carbocycles. The van der Waals surface area contributed by atoms with Gasteiger partial charge in [-0.25, -0.2) is 14.1 Å². The molecule has 2 heterocycles. The lowest BCUT2D eigenvalue weighted by molar-refractivity contribution is 0.531. The molecule has 3 aromatic rings. The Hall–Kier alpha value is -3.02. The molecule has 0 radical (unpaired) electrons. The second-order valence-corrected chi connectivity index (χ2v) is 6.28. The average Bonchev–Trinajstić information content (AvgIpc) is 3.10. The second kappa shape index (κ2) is 6.12. The van der Waals surface area contributed by atoms with Crippen LogP contribution in [0, 0.1) is 5.82 Å². The van der Waals surface area contributed by atoms with Crippen molar-refractivity contribution in [2.45, 2.75) is 12.5 Å². The van der Waals surface area contributed by atoms with Gasteiger partial charge in [0.25, 0.3) is 0 Å². The number of rotatable bonds is 3. The van der Waals surface area contributed by atoms with E-state index in [1.807, 2.05) is 18.8 Å². The molecule has 6 heteroatoms. The van der Waals surface area contributed by atoms with Crippen molar-refractivity contribution < 1.29 is 4.39 Å². The largest absolute Gasteiger partial charge is 0.378 e. The predicted octanol–water partition coefficient (Wildman–Crippen LogP) is 3.60. The third-order valence-corrected chi connectivity index (χ3v) is 4.44. The van der Waals surface area contributed by atoms with Crippen LogP contribution in [0.2, 0.25) is 0 Å². The Labute approximate surface area is 145 Å². The maximum absolute atomic E-state index is 13.2. The first-order valence-electron chi connectivity index (χ1n) is 8.12. The molecule has 0 saturated heterocycles. The van der Waals surface area contributed by atoms with Crippen molar-refractivity contribution in [1.29, 1.82) is 0 Å². The van der Waals surface area contributed by atoms with Crippen LogP contribution in [0.15, 0.2) is 59.9 Å². The van der Waals surface area contributed by atoms with Crippen LogP contribution >= 0.6 is 0 Å². The number of aliphatic imine (C=N–C) groups is 1. The molecule has 1 aliphatic rings. The van der Waals surface area contributed by atoms with E-state index >= 15 is 0 Å². The van der Waals surface area contributed by atoms with E-state index in [1.165, 1.54) is 18.5 Å². The van der Waals surface area contributed by atoms with Gasteiger partial charge in [0.15, 0.2) is 0 Å². The summed E-state index contributed by atoms with van der Waals surface area (Å²) in [6, 6.07) is 14.9. The highest BCUT2D eigenvalue weighted by atomic mass is 19.1. The minimum absolute atomic E-state index is 0.0197. The van der Waals surface area contributed by atoms with Crippen molar-refractivity contribution in [2.24, 2.45) is 4.99 Å². The van der Waals surface area contributed by atoms with Gasteiger partial charge in [0, 0.05) is 26.2 Å². The lowest BCUT2D eigenvalue weighted by Gasteiger charge is -2.24. The molecule has 4 rings (SSSR count). The summed E-state index contributed by atoms with van der Waals surface area (Å²) in [5.74, 6) is 0.325. The minimum atomic E-state index is -0.251. The Balaban J connectivity index is 1.72. The Morgan fingerprint density at radius 3 is 2.44 bits per heavy atom. The molecule has 0 bridgehead atoms. The van der Waals surface area contributed by atoms with Gasteiger partial charge in [-0.2, -0.15) is 10.1 Å². The zero-order valence-electron chi connectivity index (χ0n) is 14.1. The summed E-state index contributed by atoms with van der Waals surface area (Å²) in [5.41, 5.74) is 4.09. The van der Waals surface area contributed by atoms with Crippen LogP contribution in [0.3, 0.4) is 0 Å². The molecule has 0 saturated carbocycles. The highest BCUT2D eigenvalue weighted by molar-refractivity contribution is 6.02. The first kappa shape index (κ1) is 15.5. The van der Waals surface area contributed by atoms with Crippen molar-refractivity contribution in [3.63, 3.8) is 0 Å². The third kappa shape index (κ3) is 2.91. The molecule has 126 valence electrons. The van der Waals surface area contributed by atoms with E-state index in [4.69, 9.17) is 0 Å². The molecule has 0 amide bonds. The molecule has 5 nitrogen and oxygen atoms in total. The number of anilines is 1. The van der Waals surface area contributed by atoms with Crippen molar-refractivity contribution in [3.05, 3.63) is 71.8 Å². The van der Waals surface area contributed by atoms with Gasteiger partial charge in [0.2, 0.25) is 5.95 Å². The zero-order valence-corrected chi connectivity index (χ0v) is 14.1. The minimum Gasteiger partial charge on any atom is -0.378 e. The summed E-state index contributed by atoms with van der Waals surface area (Å²) in [6.45, 7) is 0. The molecule has 1 unspecified atom stereocenters. The molecule has 2 aromatic carbocycles. The smallest absolute Gasteiger partial charge is 0.248 e. The van der Waals surface area contributed by atoms with E-state index in [0.29, 0.717) is 12.4 Å². The number of aromatic nitrogens is 3. The van der Waals surface area contributed by atoms with Crippen LogP contribution < -0.4 is 4.90 Å². The molecular weight excluding hydrogens is 317 g/mol. The van der Waals surface area contributed by atoms with Crippen LogP contribution in [-0.2, 0) is 0 Å². The monoisotopic (exact) mass is 335 g/mol. The molecule has 0 fully saturated rings. The van der Waals surface area contributed by atoms with Crippen LogP contribution in [0.25, 0.3) is 0 Å². The number of hydrogen-bond acceptors (Lipinski definition) is 4. The SMILES string of the molecule is CN(C)c1ccc(C2CC(c3ccc(F)cc3)=Nc3ncnn32)cc1. The summed E-state index contributed by atoms with van der Waals surface area (Å²) >= 11 is 0. The summed E-state index contributed by atoms with van der Waals surface area (Å²) in [5, 5.41) is 4.34. The third-order valence-electron chi connectivity index (χ3n) is 4.44. The molecule has 1 aliphatic heterocycles. The zero-order chi connectivity index (χ0) is 17.4. The van der Waals surface area contributed by atoms with Gasteiger partial charge in [-0.3, -0.25) is 0 Å². The Kier molecular flexibility index (Phi) is 3.80. The van der Waals surface area contributed by atoms with Crippen molar-refractivity contribution in [1.82, 2.24) is 14.8 Å². The van der Waals surface area contributed by atoms with E-state index < -0.39 is 0 Å². The number of nitrogens with zero attached hydrogens (tertiary/aromatic N) is 5. The summed E-state index contributed by atoms with van der Waals surface area (Å²) < 4.78 is 15.1. The van der Waals surface area contributed by atoms with Crippen LogP contribution in [0.5, 0.6) is 0 Å². The predicted molar refractivity (Wildman–Crippen MR) is 96.1 cm³/mol. The molecule has 1 aromatic heterocycles. The Bertz CT molecular complexity index is 910. The second-order valence-electron chi connectivity index (χ2n) is 6.28. The van der Waals surface area contributed by atoms with Crippen LogP contribution in [0.1, 0.15) is 23.6 Å². The molecule has 1 atom stereocenters. The summed E-state index contributed by atoms with van der Waals surface area (Å²) in [7, 11) is 4.04. The van der Waals surface area contributed by atoms with Gasteiger partial charge in [-0.15, -0.1) is 0 Å². The van der Waals surface area contributed by atoms with E-state index in [0.717, 1.165) is 22.5 Å². The fourth-order valence-electron chi connectivity index (χ4n) is 3.06. The Morgan fingerprint density at radius 2 is 1.76 bits per heavy atom. The lowest BCUT2D eigenvalue weighted by atomic mass is 9.96. The average molecular weight is 335 g/mol.